The smallest absolute Gasteiger partial charge is 0.253 e. The summed E-state index contributed by atoms with van der Waals surface area (Å²) in [4.78, 5) is 27.3. The van der Waals surface area contributed by atoms with Crippen LogP contribution >= 0.6 is 0 Å². The Balaban J connectivity index is 1.37. The zero-order valence-corrected chi connectivity index (χ0v) is 17.8. The summed E-state index contributed by atoms with van der Waals surface area (Å²) in [5.74, 6) is -0.463. The first kappa shape index (κ1) is 21.6. The van der Waals surface area contributed by atoms with Gasteiger partial charge >= 0.3 is 0 Å². The quantitative estimate of drug-likeness (QED) is 0.569. The highest BCUT2D eigenvalue weighted by atomic mass is 19.1. The van der Waals surface area contributed by atoms with E-state index in [9.17, 15) is 14.0 Å². The van der Waals surface area contributed by atoms with E-state index >= 15 is 0 Å². The zero-order chi connectivity index (χ0) is 22.3. The Labute approximate surface area is 187 Å². The molecule has 0 atom stereocenters. The van der Waals surface area contributed by atoms with E-state index in [1.54, 1.807) is 30.3 Å². The second kappa shape index (κ2) is 10.1. The third-order valence-corrected chi connectivity index (χ3v) is 5.59. The van der Waals surface area contributed by atoms with E-state index in [4.69, 9.17) is 0 Å². The van der Waals surface area contributed by atoms with Crippen molar-refractivity contribution in [1.82, 2.24) is 10.2 Å². The molecule has 3 aromatic rings. The highest BCUT2D eigenvalue weighted by molar-refractivity contribution is 6.00. The molecule has 1 aliphatic heterocycles. The first-order valence-electron chi connectivity index (χ1n) is 10.9. The van der Waals surface area contributed by atoms with E-state index in [1.165, 1.54) is 18.6 Å². The number of hydrogen-bond acceptors (Lipinski definition) is 3. The molecule has 0 radical (unpaired) electrons. The van der Waals surface area contributed by atoms with Crippen molar-refractivity contribution in [3.05, 3.63) is 95.3 Å². The van der Waals surface area contributed by atoms with Gasteiger partial charge in [0.25, 0.3) is 11.8 Å². The summed E-state index contributed by atoms with van der Waals surface area (Å²) >= 11 is 0. The Morgan fingerprint density at radius 1 is 0.844 bits per heavy atom. The minimum Gasteiger partial charge on any atom is -0.355 e. The fraction of sp³-hybridized carbons (Fsp3) is 0.231. The molecule has 1 aliphatic rings. The number of carbonyl (C=O) groups is 2. The predicted molar refractivity (Wildman–Crippen MR) is 123 cm³/mol. The number of nitrogens with one attached hydrogen (secondary N) is 2. The van der Waals surface area contributed by atoms with Crippen molar-refractivity contribution in [2.45, 2.75) is 25.8 Å². The van der Waals surface area contributed by atoms with Gasteiger partial charge in [-0.25, -0.2) is 4.39 Å². The van der Waals surface area contributed by atoms with Crippen molar-refractivity contribution in [3.8, 4) is 0 Å². The standard InChI is InChI=1S/C26H26FN3O2/c27-21-12-14-22(15-13-21)29-24-7-3-2-6-23(24)25(31)28-18-19-8-10-20(11-9-19)26(32)30-16-4-1-5-17-30/h2-3,6-15,29H,1,4-5,16-18H2,(H,28,31). The summed E-state index contributed by atoms with van der Waals surface area (Å²) in [6.45, 7) is 1.99. The summed E-state index contributed by atoms with van der Waals surface area (Å²) in [6.07, 6.45) is 3.31. The molecule has 0 aromatic heterocycles. The molecule has 4 rings (SSSR count). The van der Waals surface area contributed by atoms with Crippen LogP contribution in [0.4, 0.5) is 15.8 Å². The van der Waals surface area contributed by atoms with Gasteiger partial charge < -0.3 is 15.5 Å². The molecule has 0 aliphatic carbocycles. The number of rotatable bonds is 6. The van der Waals surface area contributed by atoms with Gasteiger partial charge in [0.05, 0.1) is 11.3 Å². The number of likely N-dealkylation sites (tertiary alicyclic amines) is 1. The molecule has 3 aromatic carbocycles. The van der Waals surface area contributed by atoms with Crippen LogP contribution in [0.1, 0.15) is 45.5 Å². The van der Waals surface area contributed by atoms with Crippen LogP contribution in [0.2, 0.25) is 0 Å². The maximum Gasteiger partial charge on any atom is 0.253 e. The van der Waals surface area contributed by atoms with Crippen molar-refractivity contribution in [2.24, 2.45) is 0 Å². The fourth-order valence-corrected chi connectivity index (χ4v) is 3.80. The molecule has 2 N–H and O–H groups in total. The van der Waals surface area contributed by atoms with Gasteiger partial charge in [0.15, 0.2) is 0 Å². The molecular weight excluding hydrogens is 405 g/mol. The Bertz CT molecular complexity index is 1070. The molecule has 0 saturated carbocycles. The van der Waals surface area contributed by atoms with Crippen LogP contribution in [0.25, 0.3) is 0 Å². The Kier molecular flexibility index (Phi) is 6.80. The third-order valence-electron chi connectivity index (χ3n) is 5.59. The van der Waals surface area contributed by atoms with Crippen LogP contribution in [-0.2, 0) is 6.54 Å². The minimum absolute atomic E-state index is 0.0704. The second-order valence-corrected chi connectivity index (χ2v) is 7.91. The SMILES string of the molecule is O=C(NCc1ccc(C(=O)N2CCCCC2)cc1)c1ccccc1Nc1ccc(F)cc1. The number of piperidine rings is 1. The van der Waals surface area contributed by atoms with Gasteiger partial charge in [-0.3, -0.25) is 9.59 Å². The molecular formula is C26H26FN3O2. The van der Waals surface area contributed by atoms with E-state index in [-0.39, 0.29) is 17.6 Å². The fourth-order valence-electron chi connectivity index (χ4n) is 3.80. The maximum absolute atomic E-state index is 13.1. The summed E-state index contributed by atoms with van der Waals surface area (Å²) in [5.41, 5.74) is 3.42. The molecule has 1 fully saturated rings. The molecule has 0 bridgehead atoms. The average molecular weight is 432 g/mol. The van der Waals surface area contributed by atoms with Gasteiger partial charge in [-0.1, -0.05) is 24.3 Å². The highest BCUT2D eigenvalue weighted by Gasteiger charge is 2.18. The maximum atomic E-state index is 13.1. The van der Waals surface area contributed by atoms with Crippen LogP contribution in [0.15, 0.2) is 72.8 Å². The Morgan fingerprint density at radius 2 is 1.53 bits per heavy atom. The first-order chi connectivity index (χ1) is 15.6. The van der Waals surface area contributed by atoms with Crippen LogP contribution in [0.3, 0.4) is 0 Å². The summed E-state index contributed by atoms with van der Waals surface area (Å²) in [5, 5.41) is 6.09. The molecule has 1 heterocycles. The lowest BCUT2D eigenvalue weighted by molar-refractivity contribution is 0.0724. The van der Waals surface area contributed by atoms with Gasteiger partial charge in [-0.15, -0.1) is 0 Å². The number of amides is 2. The summed E-state index contributed by atoms with van der Waals surface area (Å²) in [6, 6.07) is 20.5. The second-order valence-electron chi connectivity index (χ2n) is 7.91. The number of nitrogens with zero attached hydrogens (tertiary/aromatic N) is 1. The van der Waals surface area contributed by atoms with Crippen molar-refractivity contribution in [1.29, 1.82) is 0 Å². The van der Waals surface area contributed by atoms with Crippen LogP contribution in [0, 0.1) is 5.82 Å². The van der Waals surface area contributed by atoms with Crippen LogP contribution < -0.4 is 10.6 Å². The van der Waals surface area contributed by atoms with Crippen LogP contribution in [0.5, 0.6) is 0 Å². The molecule has 1 saturated heterocycles. The zero-order valence-electron chi connectivity index (χ0n) is 17.8. The first-order valence-corrected chi connectivity index (χ1v) is 10.9. The number of hydrogen-bond donors (Lipinski definition) is 2. The minimum atomic E-state index is -0.315. The molecule has 5 nitrogen and oxygen atoms in total. The van der Waals surface area contributed by atoms with Crippen molar-refractivity contribution < 1.29 is 14.0 Å². The molecule has 164 valence electrons. The lowest BCUT2D eigenvalue weighted by Gasteiger charge is -2.26. The highest BCUT2D eigenvalue weighted by Crippen LogP contribution is 2.21. The predicted octanol–water partition coefficient (Wildman–Crippen LogP) is 5.13. The summed E-state index contributed by atoms with van der Waals surface area (Å²) in [7, 11) is 0. The van der Waals surface area contributed by atoms with Crippen molar-refractivity contribution >= 4 is 23.2 Å². The Morgan fingerprint density at radius 3 is 2.25 bits per heavy atom. The number of halogens is 1. The van der Waals surface area contributed by atoms with Gasteiger partial charge in [0.2, 0.25) is 0 Å². The Hall–Kier alpha value is -3.67. The lowest BCUT2D eigenvalue weighted by atomic mass is 10.1. The average Bonchev–Trinajstić information content (AvgIpc) is 2.85. The number of carbonyl (C=O) groups excluding carboxylic acids is 2. The van der Waals surface area contributed by atoms with Gasteiger partial charge in [-0.2, -0.15) is 0 Å². The molecule has 2 amide bonds. The number of para-hydroxylation sites is 1. The van der Waals surface area contributed by atoms with Gasteiger partial charge in [-0.05, 0) is 73.4 Å². The van der Waals surface area contributed by atoms with Crippen LogP contribution in [-0.4, -0.2) is 29.8 Å². The molecule has 32 heavy (non-hydrogen) atoms. The lowest BCUT2D eigenvalue weighted by Crippen LogP contribution is -2.35. The third kappa shape index (κ3) is 5.32. The van der Waals surface area contributed by atoms with Crippen molar-refractivity contribution in [2.75, 3.05) is 18.4 Å². The molecule has 6 heteroatoms. The van der Waals surface area contributed by atoms with E-state index in [0.717, 1.165) is 31.5 Å². The number of anilines is 2. The number of benzene rings is 3. The van der Waals surface area contributed by atoms with E-state index in [0.29, 0.717) is 29.0 Å². The normalized spacial score (nSPS) is 13.5. The monoisotopic (exact) mass is 431 g/mol. The molecule has 0 spiro atoms. The molecule has 0 unspecified atom stereocenters. The van der Waals surface area contributed by atoms with E-state index < -0.39 is 0 Å². The largest absolute Gasteiger partial charge is 0.355 e. The topological polar surface area (TPSA) is 61.4 Å². The van der Waals surface area contributed by atoms with E-state index in [2.05, 4.69) is 10.6 Å². The van der Waals surface area contributed by atoms with E-state index in [1.807, 2.05) is 35.2 Å². The van der Waals surface area contributed by atoms with Gasteiger partial charge in [0.1, 0.15) is 5.82 Å². The van der Waals surface area contributed by atoms with Crippen molar-refractivity contribution in [3.63, 3.8) is 0 Å². The summed E-state index contributed by atoms with van der Waals surface area (Å²) < 4.78 is 13.1. The van der Waals surface area contributed by atoms with Gasteiger partial charge in [0, 0.05) is 30.9 Å².